The van der Waals surface area contributed by atoms with Gasteiger partial charge in [0.2, 0.25) is 10.0 Å². The highest BCUT2D eigenvalue weighted by atomic mass is 35.5. The van der Waals surface area contributed by atoms with Crippen molar-refractivity contribution < 1.29 is 21.6 Å². The lowest BCUT2D eigenvalue weighted by Gasteiger charge is -2.23. The van der Waals surface area contributed by atoms with Crippen molar-refractivity contribution in [3.05, 3.63) is 28.8 Å². The molecule has 124 valence electrons. The molecule has 0 aliphatic carbocycles. The maximum Gasteiger partial charge on any atom is 0.417 e. The van der Waals surface area contributed by atoms with Crippen LogP contribution in [0.2, 0.25) is 5.02 Å². The molecular weight excluding hydrogens is 341 g/mol. The smallest absolute Gasteiger partial charge is 0.316 e. The minimum absolute atomic E-state index is 0.0742. The molecule has 1 saturated heterocycles. The van der Waals surface area contributed by atoms with Crippen LogP contribution in [0.25, 0.3) is 0 Å². The first-order valence-corrected chi connectivity index (χ1v) is 8.63. The van der Waals surface area contributed by atoms with Crippen LogP contribution in [0.1, 0.15) is 18.4 Å². The summed E-state index contributed by atoms with van der Waals surface area (Å²) in [5.41, 5.74) is -1.26. The minimum Gasteiger partial charge on any atom is -0.316 e. The first-order valence-electron chi connectivity index (χ1n) is 6.77. The Morgan fingerprint density at radius 3 is 2.68 bits per heavy atom. The molecule has 1 aliphatic rings. The number of sulfonamides is 1. The Bertz CT molecular complexity index is 629. The van der Waals surface area contributed by atoms with E-state index in [-0.39, 0.29) is 17.5 Å². The van der Waals surface area contributed by atoms with Crippen molar-refractivity contribution >= 4 is 21.6 Å². The van der Waals surface area contributed by atoms with Crippen molar-refractivity contribution in [3.8, 4) is 0 Å². The normalized spacial score (nSPS) is 20.1. The van der Waals surface area contributed by atoms with Gasteiger partial charge in [0.1, 0.15) is 0 Å². The molecule has 22 heavy (non-hydrogen) atoms. The molecule has 1 aliphatic heterocycles. The van der Waals surface area contributed by atoms with Crippen LogP contribution >= 0.6 is 11.6 Å². The number of piperidine rings is 1. The van der Waals surface area contributed by atoms with Crippen LogP contribution < -0.4 is 10.0 Å². The van der Waals surface area contributed by atoms with Crippen LogP contribution in [-0.2, 0) is 16.2 Å². The van der Waals surface area contributed by atoms with Gasteiger partial charge in [-0.2, -0.15) is 13.2 Å². The molecule has 0 amide bonds. The minimum atomic E-state index is -4.79. The van der Waals surface area contributed by atoms with Gasteiger partial charge in [-0.1, -0.05) is 11.6 Å². The molecule has 4 nitrogen and oxygen atoms in total. The summed E-state index contributed by atoms with van der Waals surface area (Å²) in [7, 11) is -4.25. The first-order chi connectivity index (χ1) is 10.2. The Morgan fingerprint density at radius 2 is 2.09 bits per heavy atom. The summed E-state index contributed by atoms with van der Waals surface area (Å²) >= 11 is 5.55. The summed E-state index contributed by atoms with van der Waals surface area (Å²) in [5.74, 6) is 0.0742. The zero-order valence-corrected chi connectivity index (χ0v) is 13.2. The molecule has 1 heterocycles. The second-order valence-electron chi connectivity index (χ2n) is 5.20. The van der Waals surface area contributed by atoms with Gasteiger partial charge in [-0.05, 0) is 50.0 Å². The molecule has 2 N–H and O–H groups in total. The third-order valence-corrected chi connectivity index (χ3v) is 5.21. The van der Waals surface area contributed by atoms with E-state index in [9.17, 15) is 21.6 Å². The number of benzene rings is 1. The molecule has 0 spiro atoms. The van der Waals surface area contributed by atoms with Crippen molar-refractivity contribution in [2.75, 3.05) is 19.6 Å². The molecule has 2 rings (SSSR count). The summed E-state index contributed by atoms with van der Waals surface area (Å²) in [6.07, 6.45) is -3.04. The first kappa shape index (κ1) is 17.5. The number of rotatable bonds is 4. The average molecular weight is 357 g/mol. The van der Waals surface area contributed by atoms with Gasteiger partial charge in [-0.3, -0.25) is 0 Å². The van der Waals surface area contributed by atoms with Crippen LogP contribution in [0.15, 0.2) is 23.1 Å². The molecular formula is C13H16ClF3N2O2S. The third-order valence-electron chi connectivity index (χ3n) is 3.50. The van der Waals surface area contributed by atoms with E-state index in [0.717, 1.165) is 31.5 Å². The van der Waals surface area contributed by atoms with Crippen LogP contribution in [0.4, 0.5) is 13.2 Å². The molecule has 1 aromatic rings. The second-order valence-corrected chi connectivity index (χ2v) is 7.37. The molecule has 0 bridgehead atoms. The number of nitrogens with one attached hydrogen (secondary N) is 2. The van der Waals surface area contributed by atoms with Gasteiger partial charge in [-0.15, -0.1) is 0 Å². The van der Waals surface area contributed by atoms with Gasteiger partial charge >= 0.3 is 6.18 Å². The van der Waals surface area contributed by atoms with E-state index in [1.807, 2.05) is 0 Å². The summed E-state index contributed by atoms with van der Waals surface area (Å²) in [4.78, 5) is -0.798. The van der Waals surface area contributed by atoms with E-state index in [0.29, 0.717) is 12.6 Å². The van der Waals surface area contributed by atoms with Gasteiger partial charge in [0.05, 0.1) is 10.5 Å². The molecule has 0 aromatic heterocycles. The van der Waals surface area contributed by atoms with Gasteiger partial charge in [0.15, 0.2) is 0 Å². The van der Waals surface area contributed by atoms with Crippen molar-refractivity contribution in [1.29, 1.82) is 0 Å². The second kappa shape index (κ2) is 6.74. The predicted octanol–water partition coefficient (Wildman–Crippen LogP) is 2.64. The van der Waals surface area contributed by atoms with Crippen LogP contribution in [0, 0.1) is 5.92 Å². The number of halogens is 4. The van der Waals surface area contributed by atoms with Crippen molar-refractivity contribution in [1.82, 2.24) is 10.0 Å². The highest BCUT2D eigenvalue weighted by molar-refractivity contribution is 7.89. The maximum absolute atomic E-state index is 13.0. The molecule has 1 atom stereocenters. The predicted molar refractivity (Wildman–Crippen MR) is 77.2 cm³/mol. The van der Waals surface area contributed by atoms with Crippen LogP contribution in [0.5, 0.6) is 0 Å². The van der Waals surface area contributed by atoms with E-state index in [2.05, 4.69) is 10.0 Å². The average Bonchev–Trinajstić information content (AvgIpc) is 2.45. The summed E-state index contributed by atoms with van der Waals surface area (Å²) in [6, 6.07) is 2.64. The standard InChI is InChI=1S/C13H16ClF3N2O2S/c14-10-3-4-12(11(6-10)13(15,16)17)22(20,21)19-8-9-2-1-5-18-7-9/h3-4,6,9,18-19H,1-2,5,7-8H2. The molecule has 0 radical (unpaired) electrons. The lowest BCUT2D eigenvalue weighted by molar-refractivity contribution is -0.139. The largest absolute Gasteiger partial charge is 0.417 e. The summed E-state index contributed by atoms with van der Waals surface area (Å²) < 4.78 is 65.6. The molecule has 1 fully saturated rings. The van der Waals surface area contributed by atoms with Crippen molar-refractivity contribution in [3.63, 3.8) is 0 Å². The fourth-order valence-electron chi connectivity index (χ4n) is 2.36. The number of hydrogen-bond acceptors (Lipinski definition) is 3. The molecule has 1 aromatic carbocycles. The van der Waals surface area contributed by atoms with Crippen molar-refractivity contribution in [2.45, 2.75) is 23.9 Å². The van der Waals surface area contributed by atoms with Crippen molar-refractivity contribution in [2.24, 2.45) is 5.92 Å². The highest BCUT2D eigenvalue weighted by Gasteiger charge is 2.37. The van der Waals surface area contributed by atoms with E-state index < -0.39 is 26.7 Å². The summed E-state index contributed by atoms with van der Waals surface area (Å²) in [6.45, 7) is 1.63. The Labute approximate surface area is 132 Å². The van der Waals surface area contributed by atoms with Gasteiger partial charge < -0.3 is 5.32 Å². The SMILES string of the molecule is O=S(=O)(NCC1CCCNC1)c1ccc(Cl)cc1C(F)(F)F. The monoisotopic (exact) mass is 356 g/mol. The Hall–Kier alpha value is -0.830. The van der Waals surface area contributed by atoms with Gasteiger partial charge in [0, 0.05) is 11.6 Å². The zero-order valence-electron chi connectivity index (χ0n) is 11.6. The fourth-order valence-corrected chi connectivity index (χ4v) is 3.86. The van der Waals surface area contributed by atoms with E-state index in [1.165, 1.54) is 0 Å². The third kappa shape index (κ3) is 4.34. The number of hydrogen-bond donors (Lipinski definition) is 2. The Balaban J connectivity index is 2.21. The maximum atomic E-state index is 13.0. The highest BCUT2D eigenvalue weighted by Crippen LogP contribution is 2.35. The molecule has 1 unspecified atom stereocenters. The van der Waals surface area contributed by atoms with E-state index >= 15 is 0 Å². The van der Waals surface area contributed by atoms with Gasteiger partial charge in [0.25, 0.3) is 0 Å². The van der Waals surface area contributed by atoms with Crippen LogP contribution in [-0.4, -0.2) is 28.1 Å². The lowest BCUT2D eigenvalue weighted by Crippen LogP contribution is -2.38. The van der Waals surface area contributed by atoms with Crippen LogP contribution in [0.3, 0.4) is 0 Å². The molecule has 0 saturated carbocycles. The number of alkyl halides is 3. The summed E-state index contributed by atoms with van der Waals surface area (Å²) in [5, 5.41) is 2.96. The van der Waals surface area contributed by atoms with Gasteiger partial charge in [-0.25, -0.2) is 13.1 Å². The van der Waals surface area contributed by atoms with E-state index in [4.69, 9.17) is 11.6 Å². The Kier molecular flexibility index (Phi) is 5.37. The Morgan fingerprint density at radius 1 is 1.36 bits per heavy atom. The zero-order chi connectivity index (χ0) is 16.4. The fraction of sp³-hybridized carbons (Fsp3) is 0.538. The van der Waals surface area contributed by atoms with E-state index in [1.54, 1.807) is 0 Å². The molecule has 9 heteroatoms. The lowest BCUT2D eigenvalue weighted by atomic mass is 10.0. The topological polar surface area (TPSA) is 58.2 Å². The quantitative estimate of drug-likeness (QED) is 0.872.